The maximum atomic E-state index is 5.02. The second-order valence-corrected chi connectivity index (χ2v) is 13.0. The molecule has 3 heterocycles. The van der Waals surface area contributed by atoms with Crippen LogP contribution in [0.25, 0.3) is 80.8 Å². The molecule has 4 nitrogen and oxygen atoms in total. The monoisotopic (exact) mass is 612 g/mol. The van der Waals surface area contributed by atoms with Crippen molar-refractivity contribution in [3.05, 3.63) is 146 Å². The molecule has 0 atom stereocenters. The van der Waals surface area contributed by atoms with Gasteiger partial charge in [0, 0.05) is 22.4 Å². The van der Waals surface area contributed by atoms with E-state index in [1.54, 1.807) is 22.7 Å². The van der Waals surface area contributed by atoms with Gasteiger partial charge in [-0.25, -0.2) is 15.0 Å². The Labute approximate surface area is 267 Å². The number of imidazole rings is 1. The summed E-state index contributed by atoms with van der Waals surface area (Å²) < 4.78 is 4.62. The second kappa shape index (κ2) is 10.6. The Bertz CT molecular complexity index is 2330. The van der Waals surface area contributed by atoms with E-state index in [2.05, 4.69) is 126 Å². The Morgan fingerprint density at radius 3 is 1.56 bits per heavy atom. The van der Waals surface area contributed by atoms with Crippen LogP contribution in [0.15, 0.2) is 146 Å². The second-order valence-electron chi connectivity index (χ2n) is 10.9. The topological polar surface area (TPSA) is 43.6 Å². The number of fused-ring (bicyclic) bond motifs is 3. The molecule has 0 saturated carbocycles. The number of thiazole rings is 2. The van der Waals surface area contributed by atoms with Gasteiger partial charge in [0.05, 0.1) is 31.5 Å². The molecule has 0 unspecified atom stereocenters. The Morgan fingerprint density at radius 1 is 0.400 bits per heavy atom. The lowest BCUT2D eigenvalue weighted by atomic mass is 9.99. The van der Waals surface area contributed by atoms with E-state index in [0.717, 1.165) is 71.4 Å². The lowest BCUT2D eigenvalue weighted by Gasteiger charge is -2.12. The standard InChI is InChI=1S/C39H24N4S2/c1-2-10-26(11-3-1)37-40-31-12-4-7-15-34(31)43(37)30-20-18-25(19-21-30)27-22-28(38-41-32-13-5-8-16-35(32)44-38)24-29(23-27)39-42-33-14-6-9-17-36(33)45-39/h1-24H. The van der Waals surface area contributed by atoms with Crippen LogP contribution >= 0.6 is 22.7 Å². The summed E-state index contributed by atoms with van der Waals surface area (Å²) in [5, 5.41) is 2.02. The van der Waals surface area contributed by atoms with Crippen molar-refractivity contribution in [3.63, 3.8) is 0 Å². The van der Waals surface area contributed by atoms with Crippen LogP contribution in [0.1, 0.15) is 0 Å². The van der Waals surface area contributed by atoms with Crippen molar-refractivity contribution in [2.75, 3.05) is 0 Å². The van der Waals surface area contributed by atoms with Crippen LogP contribution < -0.4 is 0 Å². The fourth-order valence-electron chi connectivity index (χ4n) is 5.90. The molecule has 0 aliphatic rings. The average molecular weight is 613 g/mol. The van der Waals surface area contributed by atoms with Crippen molar-refractivity contribution in [1.29, 1.82) is 0 Å². The van der Waals surface area contributed by atoms with Gasteiger partial charge >= 0.3 is 0 Å². The predicted molar refractivity (Wildman–Crippen MR) is 189 cm³/mol. The molecule has 0 amide bonds. The fraction of sp³-hybridized carbons (Fsp3) is 0. The Kier molecular flexibility index (Phi) is 6.14. The Hall–Kier alpha value is -5.43. The van der Waals surface area contributed by atoms with Crippen LogP contribution in [0.3, 0.4) is 0 Å². The lowest BCUT2D eigenvalue weighted by molar-refractivity contribution is 1.10. The van der Waals surface area contributed by atoms with Gasteiger partial charge in [0.25, 0.3) is 0 Å². The van der Waals surface area contributed by atoms with Gasteiger partial charge in [-0.05, 0) is 77.9 Å². The third kappa shape index (κ3) is 4.63. The van der Waals surface area contributed by atoms with E-state index in [1.807, 2.05) is 24.3 Å². The largest absolute Gasteiger partial charge is 0.292 e. The number of rotatable bonds is 5. The molecule has 45 heavy (non-hydrogen) atoms. The Balaban J connectivity index is 1.19. The van der Waals surface area contributed by atoms with Crippen molar-refractivity contribution in [1.82, 2.24) is 19.5 Å². The first-order valence-corrected chi connectivity index (χ1v) is 16.4. The van der Waals surface area contributed by atoms with Gasteiger partial charge in [0.2, 0.25) is 0 Å². The van der Waals surface area contributed by atoms with Crippen molar-refractivity contribution in [2.24, 2.45) is 0 Å². The van der Waals surface area contributed by atoms with Crippen LogP contribution in [0, 0.1) is 0 Å². The van der Waals surface area contributed by atoms with Gasteiger partial charge in [0.15, 0.2) is 0 Å². The van der Waals surface area contributed by atoms with Crippen LogP contribution in [0.5, 0.6) is 0 Å². The minimum absolute atomic E-state index is 0.931. The van der Waals surface area contributed by atoms with Crippen LogP contribution in [-0.4, -0.2) is 19.5 Å². The van der Waals surface area contributed by atoms with E-state index < -0.39 is 0 Å². The molecule has 0 saturated heterocycles. The normalized spacial score (nSPS) is 11.6. The van der Waals surface area contributed by atoms with Crippen molar-refractivity contribution < 1.29 is 0 Å². The smallest absolute Gasteiger partial charge is 0.145 e. The van der Waals surface area contributed by atoms with Crippen LogP contribution in [-0.2, 0) is 0 Å². The van der Waals surface area contributed by atoms with Gasteiger partial charge in [-0.3, -0.25) is 4.57 Å². The molecule has 0 radical (unpaired) electrons. The molecule has 3 aromatic heterocycles. The average Bonchev–Trinajstić information content (AvgIpc) is 3.84. The first-order chi connectivity index (χ1) is 22.3. The van der Waals surface area contributed by atoms with Crippen molar-refractivity contribution in [2.45, 2.75) is 0 Å². The summed E-state index contributed by atoms with van der Waals surface area (Å²) in [6, 6.07) is 50.9. The zero-order chi connectivity index (χ0) is 29.7. The highest BCUT2D eigenvalue weighted by atomic mass is 32.1. The van der Waals surface area contributed by atoms with E-state index in [-0.39, 0.29) is 0 Å². The van der Waals surface area contributed by atoms with Gasteiger partial charge in [-0.2, -0.15) is 0 Å². The lowest BCUT2D eigenvalue weighted by Crippen LogP contribution is -1.97. The SMILES string of the molecule is c1ccc(-c2nc3ccccc3n2-c2ccc(-c3cc(-c4nc5ccccc5s4)cc(-c4nc5ccccc5s4)c3)cc2)cc1. The van der Waals surface area contributed by atoms with E-state index in [1.165, 1.54) is 9.40 Å². The summed E-state index contributed by atoms with van der Waals surface area (Å²) in [4.78, 5) is 15.0. The highest BCUT2D eigenvalue weighted by Crippen LogP contribution is 2.39. The molecule has 0 bridgehead atoms. The van der Waals surface area contributed by atoms with Gasteiger partial charge in [-0.1, -0.05) is 78.9 Å². The number of aromatic nitrogens is 4. The van der Waals surface area contributed by atoms with Crippen molar-refractivity contribution >= 4 is 54.1 Å². The zero-order valence-corrected chi connectivity index (χ0v) is 25.6. The van der Waals surface area contributed by atoms with E-state index >= 15 is 0 Å². The molecule has 0 N–H and O–H groups in total. The molecule has 0 aliphatic heterocycles. The minimum Gasteiger partial charge on any atom is -0.292 e. The molecule has 6 heteroatoms. The summed E-state index contributed by atoms with van der Waals surface area (Å²) >= 11 is 3.45. The highest BCUT2D eigenvalue weighted by Gasteiger charge is 2.16. The fourth-order valence-corrected chi connectivity index (χ4v) is 7.81. The molecule has 0 fully saturated rings. The summed E-state index contributed by atoms with van der Waals surface area (Å²) in [6.07, 6.45) is 0. The summed E-state index contributed by atoms with van der Waals surface area (Å²) in [7, 11) is 0. The van der Waals surface area contributed by atoms with Gasteiger partial charge < -0.3 is 0 Å². The third-order valence-corrected chi connectivity index (χ3v) is 10.2. The zero-order valence-electron chi connectivity index (χ0n) is 24.0. The first-order valence-electron chi connectivity index (χ1n) is 14.8. The summed E-state index contributed by atoms with van der Waals surface area (Å²) in [5.41, 5.74) is 10.7. The number of nitrogens with zero attached hydrogens (tertiary/aromatic N) is 4. The molecular formula is C39H24N4S2. The van der Waals surface area contributed by atoms with Gasteiger partial charge in [-0.15, -0.1) is 22.7 Å². The number of para-hydroxylation sites is 4. The molecule has 0 spiro atoms. The van der Waals surface area contributed by atoms with Gasteiger partial charge in [0.1, 0.15) is 15.8 Å². The quantitative estimate of drug-likeness (QED) is 0.194. The third-order valence-electron chi connectivity index (χ3n) is 8.07. The number of benzene rings is 6. The predicted octanol–water partition coefficient (Wildman–Crippen LogP) is 10.9. The molecule has 212 valence electrons. The molecule has 9 rings (SSSR count). The van der Waals surface area contributed by atoms with E-state index in [4.69, 9.17) is 15.0 Å². The van der Waals surface area contributed by atoms with Crippen LogP contribution in [0.2, 0.25) is 0 Å². The number of hydrogen-bond acceptors (Lipinski definition) is 5. The summed E-state index contributed by atoms with van der Waals surface area (Å²) in [6.45, 7) is 0. The van der Waals surface area contributed by atoms with E-state index in [9.17, 15) is 0 Å². The maximum absolute atomic E-state index is 5.02. The molecular weight excluding hydrogens is 589 g/mol. The molecule has 0 aliphatic carbocycles. The van der Waals surface area contributed by atoms with Crippen molar-refractivity contribution in [3.8, 4) is 49.3 Å². The minimum atomic E-state index is 0.931. The van der Waals surface area contributed by atoms with E-state index in [0.29, 0.717) is 0 Å². The molecule has 9 aromatic rings. The first kappa shape index (κ1) is 26.0. The summed E-state index contributed by atoms with van der Waals surface area (Å²) in [5.74, 6) is 0.931. The number of hydrogen-bond donors (Lipinski definition) is 0. The highest BCUT2D eigenvalue weighted by molar-refractivity contribution is 7.22. The Morgan fingerprint density at radius 2 is 0.933 bits per heavy atom. The van der Waals surface area contributed by atoms with Crippen LogP contribution in [0.4, 0.5) is 0 Å². The molecule has 6 aromatic carbocycles. The maximum Gasteiger partial charge on any atom is 0.145 e.